The Bertz CT molecular complexity index is 394. The van der Waals surface area contributed by atoms with Crippen molar-refractivity contribution >= 4 is 5.82 Å². The van der Waals surface area contributed by atoms with Crippen LogP contribution in [0.1, 0.15) is 18.7 Å². The highest BCUT2D eigenvalue weighted by Gasteiger charge is 2.11. The number of aromatic nitrogens is 2. The lowest BCUT2D eigenvalue weighted by molar-refractivity contribution is 0.175. The first-order valence-corrected chi connectivity index (χ1v) is 6.71. The maximum absolute atomic E-state index is 5.71. The summed E-state index contributed by atoms with van der Waals surface area (Å²) in [7, 11) is 3.45. The Labute approximate surface area is 114 Å². The van der Waals surface area contributed by atoms with E-state index in [2.05, 4.69) is 20.2 Å². The fourth-order valence-corrected chi connectivity index (χ4v) is 2.15. The zero-order valence-electron chi connectivity index (χ0n) is 11.7. The molecule has 19 heavy (non-hydrogen) atoms. The van der Waals surface area contributed by atoms with Crippen molar-refractivity contribution in [3.05, 3.63) is 11.9 Å². The van der Waals surface area contributed by atoms with E-state index >= 15 is 0 Å². The summed E-state index contributed by atoms with van der Waals surface area (Å²) in [6.07, 6.45) is 2.60. The first-order valence-electron chi connectivity index (χ1n) is 6.71. The Hall–Kier alpha value is -1.40. The average molecular weight is 266 g/mol. The summed E-state index contributed by atoms with van der Waals surface area (Å²) in [5.41, 5.74) is 0. The number of methoxy groups -OCH3 is 1. The van der Waals surface area contributed by atoms with Gasteiger partial charge in [-0.1, -0.05) is 0 Å². The number of hydrogen-bond acceptors (Lipinski definition) is 6. The molecule has 0 bridgehead atoms. The second-order valence-electron chi connectivity index (χ2n) is 4.59. The molecular weight excluding hydrogens is 244 g/mol. The topological polar surface area (TPSA) is 59.5 Å². The van der Waals surface area contributed by atoms with Crippen LogP contribution in [0.5, 0.6) is 5.88 Å². The van der Waals surface area contributed by atoms with Crippen molar-refractivity contribution in [2.24, 2.45) is 0 Å². The van der Waals surface area contributed by atoms with Crippen LogP contribution < -0.4 is 10.1 Å². The van der Waals surface area contributed by atoms with Crippen LogP contribution >= 0.6 is 0 Å². The predicted octanol–water partition coefficient (Wildman–Crippen LogP) is 1.14. The molecular formula is C13H22N4O2. The third-order valence-electron chi connectivity index (χ3n) is 3.13. The van der Waals surface area contributed by atoms with Gasteiger partial charge < -0.3 is 14.8 Å². The number of nitrogens with one attached hydrogen (secondary N) is 1. The predicted molar refractivity (Wildman–Crippen MR) is 73.5 cm³/mol. The van der Waals surface area contributed by atoms with E-state index in [0.29, 0.717) is 24.9 Å². The molecule has 0 unspecified atom stereocenters. The monoisotopic (exact) mass is 266 g/mol. The Morgan fingerprint density at radius 1 is 1.32 bits per heavy atom. The number of ether oxygens (including phenoxy) is 2. The first-order chi connectivity index (χ1) is 9.31. The minimum absolute atomic E-state index is 0.387. The number of hydrogen-bond donors (Lipinski definition) is 1. The van der Waals surface area contributed by atoms with E-state index in [1.165, 1.54) is 25.9 Å². The Kier molecular flexibility index (Phi) is 5.35. The number of rotatable bonds is 7. The molecule has 1 saturated heterocycles. The highest BCUT2D eigenvalue weighted by Crippen LogP contribution is 2.14. The van der Waals surface area contributed by atoms with Crippen LogP contribution in [-0.4, -0.2) is 55.3 Å². The molecule has 0 atom stereocenters. The molecule has 1 aliphatic heterocycles. The van der Waals surface area contributed by atoms with Crippen LogP contribution in [0.15, 0.2) is 6.07 Å². The summed E-state index contributed by atoms with van der Waals surface area (Å²) >= 11 is 0. The van der Waals surface area contributed by atoms with Crippen molar-refractivity contribution in [3.8, 4) is 5.88 Å². The second-order valence-corrected chi connectivity index (χ2v) is 4.59. The molecule has 106 valence electrons. The molecule has 1 fully saturated rings. The van der Waals surface area contributed by atoms with E-state index in [-0.39, 0.29) is 0 Å². The molecule has 0 amide bonds. The normalized spacial score (nSPS) is 15.7. The Balaban J connectivity index is 1.88. The van der Waals surface area contributed by atoms with Crippen LogP contribution in [0.25, 0.3) is 0 Å². The van der Waals surface area contributed by atoms with Gasteiger partial charge in [-0.2, -0.15) is 4.98 Å². The van der Waals surface area contributed by atoms with Crippen molar-refractivity contribution < 1.29 is 9.47 Å². The highest BCUT2D eigenvalue weighted by atomic mass is 16.5. The van der Waals surface area contributed by atoms with E-state index in [4.69, 9.17) is 9.47 Å². The van der Waals surface area contributed by atoms with Crippen molar-refractivity contribution in [3.63, 3.8) is 0 Å². The third kappa shape index (κ3) is 4.33. The molecule has 1 aromatic rings. The molecule has 0 spiro atoms. The second kappa shape index (κ2) is 7.25. The molecule has 0 saturated carbocycles. The van der Waals surface area contributed by atoms with Crippen LogP contribution in [0.3, 0.4) is 0 Å². The number of nitrogens with zero attached hydrogens (tertiary/aromatic N) is 3. The fourth-order valence-electron chi connectivity index (χ4n) is 2.15. The van der Waals surface area contributed by atoms with Crippen molar-refractivity contribution in [2.75, 3.05) is 45.7 Å². The van der Waals surface area contributed by atoms with Gasteiger partial charge in [-0.25, -0.2) is 4.98 Å². The molecule has 6 heteroatoms. The minimum atomic E-state index is 0.387. The van der Waals surface area contributed by atoms with Gasteiger partial charge >= 0.3 is 0 Å². The van der Waals surface area contributed by atoms with Crippen molar-refractivity contribution in [2.45, 2.75) is 19.4 Å². The van der Waals surface area contributed by atoms with Gasteiger partial charge in [0.25, 0.3) is 0 Å². The molecule has 1 aliphatic rings. The average Bonchev–Trinajstić information content (AvgIpc) is 2.92. The molecule has 0 radical (unpaired) electrons. The van der Waals surface area contributed by atoms with Gasteiger partial charge in [-0.05, 0) is 25.9 Å². The molecule has 0 aromatic carbocycles. The minimum Gasteiger partial charge on any atom is -0.476 e. The maximum atomic E-state index is 5.71. The largest absolute Gasteiger partial charge is 0.476 e. The van der Waals surface area contributed by atoms with Crippen molar-refractivity contribution in [1.82, 2.24) is 14.9 Å². The van der Waals surface area contributed by atoms with Gasteiger partial charge in [-0.15, -0.1) is 0 Å². The number of anilines is 1. The summed E-state index contributed by atoms with van der Waals surface area (Å²) in [6.45, 7) is 4.37. The Morgan fingerprint density at radius 2 is 2.11 bits per heavy atom. The summed E-state index contributed by atoms with van der Waals surface area (Å²) in [5, 5.41) is 3.00. The van der Waals surface area contributed by atoms with Gasteiger partial charge in [0.2, 0.25) is 5.88 Å². The van der Waals surface area contributed by atoms with E-state index in [1.54, 1.807) is 7.11 Å². The summed E-state index contributed by atoms with van der Waals surface area (Å²) < 4.78 is 10.8. The summed E-state index contributed by atoms with van der Waals surface area (Å²) in [5.74, 6) is 1.98. The highest BCUT2D eigenvalue weighted by molar-refractivity contribution is 5.37. The molecule has 2 rings (SSSR count). The zero-order chi connectivity index (χ0) is 13.5. The lowest BCUT2D eigenvalue weighted by Gasteiger charge is -2.15. The first kappa shape index (κ1) is 14.0. The standard InChI is InChI=1S/C13H22N4O2/c1-14-11-9-13(16-12(15-11)10-18-2)19-8-7-17-5-3-4-6-17/h9H,3-8,10H2,1-2H3,(H,14,15,16). The third-order valence-corrected chi connectivity index (χ3v) is 3.13. The fraction of sp³-hybridized carbons (Fsp3) is 0.692. The van der Waals surface area contributed by atoms with E-state index in [1.807, 2.05) is 13.1 Å². The number of likely N-dealkylation sites (tertiary alicyclic amines) is 1. The van der Waals surface area contributed by atoms with Gasteiger partial charge in [0.1, 0.15) is 19.0 Å². The van der Waals surface area contributed by atoms with Crippen LogP contribution in [0.4, 0.5) is 5.82 Å². The lowest BCUT2D eigenvalue weighted by atomic mass is 10.4. The van der Waals surface area contributed by atoms with Gasteiger partial charge in [-0.3, -0.25) is 4.90 Å². The lowest BCUT2D eigenvalue weighted by Crippen LogP contribution is -2.25. The van der Waals surface area contributed by atoms with Crippen LogP contribution in [0, 0.1) is 0 Å². The summed E-state index contributed by atoms with van der Waals surface area (Å²) in [4.78, 5) is 11.0. The molecule has 0 aliphatic carbocycles. The molecule has 1 aromatic heterocycles. The molecule has 2 heterocycles. The Morgan fingerprint density at radius 3 is 2.79 bits per heavy atom. The van der Waals surface area contributed by atoms with Gasteiger partial charge in [0.05, 0.1) is 0 Å². The van der Waals surface area contributed by atoms with Crippen LogP contribution in [-0.2, 0) is 11.3 Å². The molecule has 6 nitrogen and oxygen atoms in total. The van der Waals surface area contributed by atoms with E-state index in [9.17, 15) is 0 Å². The van der Waals surface area contributed by atoms with Crippen molar-refractivity contribution in [1.29, 1.82) is 0 Å². The smallest absolute Gasteiger partial charge is 0.218 e. The van der Waals surface area contributed by atoms with E-state index < -0.39 is 0 Å². The quantitative estimate of drug-likeness (QED) is 0.798. The zero-order valence-corrected chi connectivity index (χ0v) is 11.7. The van der Waals surface area contributed by atoms with E-state index in [0.717, 1.165) is 12.4 Å². The molecule has 1 N–H and O–H groups in total. The maximum Gasteiger partial charge on any atom is 0.218 e. The van der Waals surface area contributed by atoms with Crippen LogP contribution in [0.2, 0.25) is 0 Å². The van der Waals surface area contributed by atoms with Gasteiger partial charge in [0.15, 0.2) is 5.82 Å². The summed E-state index contributed by atoms with van der Waals surface area (Å²) in [6, 6.07) is 1.81. The van der Waals surface area contributed by atoms with Gasteiger partial charge in [0, 0.05) is 26.8 Å². The SMILES string of the molecule is CNc1cc(OCCN2CCCC2)nc(COC)n1.